The highest BCUT2D eigenvalue weighted by Crippen LogP contribution is 2.24. The summed E-state index contributed by atoms with van der Waals surface area (Å²) in [4.78, 5) is 18.3. The molecular weight excluding hydrogens is 254 g/mol. The van der Waals surface area contributed by atoms with Gasteiger partial charge in [0.2, 0.25) is 0 Å². The monoisotopic (exact) mass is 279 g/mol. The largest absolute Gasteiger partial charge is 0.443 e. The fourth-order valence-corrected chi connectivity index (χ4v) is 1.69. The maximum atomic E-state index is 12.4. The number of amides is 1. The standard InChI is InChI=1S/C15H25N3O2/c1-14(2,3)18(13(19)20-15(4,5)6)12-8-7-11(9-16)10-17-12/h7-8,10H,9,16H2,1-6H3. The summed E-state index contributed by atoms with van der Waals surface area (Å²) in [5.41, 5.74) is 5.51. The number of ether oxygens (including phenoxy) is 1. The first kappa shape index (κ1) is 16.4. The Labute approximate surface area is 121 Å². The molecule has 1 aromatic heterocycles. The van der Waals surface area contributed by atoms with E-state index in [-0.39, 0.29) is 0 Å². The van der Waals surface area contributed by atoms with E-state index in [9.17, 15) is 4.79 Å². The highest BCUT2D eigenvalue weighted by Gasteiger charge is 2.32. The lowest BCUT2D eigenvalue weighted by Crippen LogP contribution is -2.48. The quantitative estimate of drug-likeness (QED) is 0.903. The first-order chi connectivity index (χ1) is 9.04. The molecule has 1 amide bonds. The van der Waals surface area contributed by atoms with Crippen LogP contribution in [0, 0.1) is 0 Å². The number of pyridine rings is 1. The second kappa shape index (κ2) is 5.79. The molecule has 5 nitrogen and oxygen atoms in total. The topological polar surface area (TPSA) is 68.5 Å². The molecule has 20 heavy (non-hydrogen) atoms. The van der Waals surface area contributed by atoms with Gasteiger partial charge in [-0.05, 0) is 53.2 Å². The molecule has 0 spiro atoms. The second-order valence-corrected chi connectivity index (χ2v) is 6.72. The maximum Gasteiger partial charge on any atom is 0.416 e. The summed E-state index contributed by atoms with van der Waals surface area (Å²) in [6, 6.07) is 3.66. The predicted molar refractivity (Wildman–Crippen MR) is 80.6 cm³/mol. The van der Waals surface area contributed by atoms with Crippen LogP contribution < -0.4 is 10.6 Å². The van der Waals surface area contributed by atoms with Crippen molar-refractivity contribution in [2.75, 3.05) is 4.90 Å². The Balaban J connectivity index is 3.09. The summed E-state index contributed by atoms with van der Waals surface area (Å²) >= 11 is 0. The van der Waals surface area contributed by atoms with E-state index >= 15 is 0 Å². The molecule has 0 aromatic carbocycles. The first-order valence-corrected chi connectivity index (χ1v) is 6.73. The Morgan fingerprint density at radius 1 is 1.25 bits per heavy atom. The van der Waals surface area contributed by atoms with Crippen LogP contribution in [-0.4, -0.2) is 22.2 Å². The van der Waals surface area contributed by atoms with Crippen molar-refractivity contribution in [3.63, 3.8) is 0 Å². The van der Waals surface area contributed by atoms with Crippen molar-refractivity contribution in [2.45, 2.75) is 59.2 Å². The van der Waals surface area contributed by atoms with Gasteiger partial charge < -0.3 is 10.5 Å². The van der Waals surface area contributed by atoms with Gasteiger partial charge in [-0.15, -0.1) is 0 Å². The van der Waals surface area contributed by atoms with E-state index < -0.39 is 17.2 Å². The van der Waals surface area contributed by atoms with Gasteiger partial charge in [0.05, 0.1) is 0 Å². The molecule has 0 aliphatic heterocycles. The average molecular weight is 279 g/mol. The van der Waals surface area contributed by atoms with Crippen LogP contribution in [0.2, 0.25) is 0 Å². The minimum absolute atomic E-state index is 0.405. The van der Waals surface area contributed by atoms with Crippen molar-refractivity contribution in [3.05, 3.63) is 23.9 Å². The number of anilines is 1. The molecule has 0 radical (unpaired) electrons. The number of nitrogens with zero attached hydrogens (tertiary/aromatic N) is 2. The summed E-state index contributed by atoms with van der Waals surface area (Å²) in [6.07, 6.45) is 1.27. The van der Waals surface area contributed by atoms with Gasteiger partial charge in [-0.2, -0.15) is 0 Å². The van der Waals surface area contributed by atoms with Gasteiger partial charge in [0.25, 0.3) is 0 Å². The zero-order valence-electron chi connectivity index (χ0n) is 13.2. The summed E-state index contributed by atoms with van der Waals surface area (Å²) in [6.45, 7) is 11.8. The molecule has 1 rings (SSSR count). The molecule has 0 fully saturated rings. The average Bonchev–Trinajstić information content (AvgIpc) is 2.25. The van der Waals surface area contributed by atoms with E-state index in [1.54, 1.807) is 17.2 Å². The van der Waals surface area contributed by atoms with E-state index in [0.717, 1.165) is 5.56 Å². The summed E-state index contributed by atoms with van der Waals surface area (Å²) in [5, 5.41) is 0. The number of carbonyl (C=O) groups excluding carboxylic acids is 1. The molecule has 0 saturated heterocycles. The van der Waals surface area contributed by atoms with E-state index in [4.69, 9.17) is 10.5 Å². The SMILES string of the molecule is CC(C)(C)OC(=O)N(c1ccc(CN)cn1)C(C)(C)C. The normalized spacial score (nSPS) is 12.2. The molecule has 0 bridgehead atoms. The molecule has 0 aliphatic rings. The van der Waals surface area contributed by atoms with Crippen molar-refractivity contribution < 1.29 is 9.53 Å². The molecule has 1 heterocycles. The zero-order valence-corrected chi connectivity index (χ0v) is 13.2. The molecule has 112 valence electrons. The van der Waals surface area contributed by atoms with Gasteiger partial charge in [0.15, 0.2) is 0 Å². The highest BCUT2D eigenvalue weighted by atomic mass is 16.6. The number of hydrogen-bond acceptors (Lipinski definition) is 4. The number of carbonyl (C=O) groups is 1. The summed E-state index contributed by atoms with van der Waals surface area (Å²) < 4.78 is 5.46. The van der Waals surface area contributed by atoms with Gasteiger partial charge in [0, 0.05) is 18.3 Å². The molecule has 0 saturated carbocycles. The number of hydrogen-bond donors (Lipinski definition) is 1. The van der Waals surface area contributed by atoms with Crippen molar-refractivity contribution in [1.82, 2.24) is 4.98 Å². The maximum absolute atomic E-state index is 12.4. The van der Waals surface area contributed by atoms with Crippen LogP contribution in [0.5, 0.6) is 0 Å². The third-order valence-corrected chi connectivity index (χ3v) is 2.52. The summed E-state index contributed by atoms with van der Waals surface area (Å²) in [7, 11) is 0. The molecule has 2 N–H and O–H groups in total. The predicted octanol–water partition coefficient (Wildman–Crippen LogP) is 3.08. The number of rotatable bonds is 2. The molecule has 0 unspecified atom stereocenters. The summed E-state index contributed by atoms with van der Waals surface area (Å²) in [5.74, 6) is 0.559. The van der Waals surface area contributed by atoms with Crippen LogP contribution in [0.25, 0.3) is 0 Å². The zero-order chi connectivity index (χ0) is 15.6. The molecule has 0 atom stereocenters. The Bertz CT molecular complexity index is 455. The Kier molecular flexibility index (Phi) is 4.76. The Hall–Kier alpha value is -1.62. The minimum atomic E-state index is -0.544. The molecular formula is C15H25N3O2. The van der Waals surface area contributed by atoms with Gasteiger partial charge in [-0.25, -0.2) is 9.78 Å². The van der Waals surface area contributed by atoms with Crippen LogP contribution in [-0.2, 0) is 11.3 Å². The van der Waals surface area contributed by atoms with Gasteiger partial charge in [0.1, 0.15) is 11.4 Å². The van der Waals surface area contributed by atoms with Crippen molar-refractivity contribution in [1.29, 1.82) is 0 Å². The van der Waals surface area contributed by atoms with Crippen molar-refractivity contribution in [3.8, 4) is 0 Å². The fourth-order valence-electron chi connectivity index (χ4n) is 1.69. The number of nitrogens with two attached hydrogens (primary N) is 1. The smallest absolute Gasteiger partial charge is 0.416 e. The van der Waals surface area contributed by atoms with Crippen LogP contribution >= 0.6 is 0 Å². The lowest BCUT2D eigenvalue weighted by atomic mass is 10.1. The van der Waals surface area contributed by atoms with Crippen molar-refractivity contribution in [2.24, 2.45) is 5.73 Å². The lowest BCUT2D eigenvalue weighted by Gasteiger charge is -2.35. The van der Waals surface area contributed by atoms with E-state index in [1.807, 2.05) is 47.6 Å². The third-order valence-electron chi connectivity index (χ3n) is 2.52. The van der Waals surface area contributed by atoms with Crippen LogP contribution in [0.3, 0.4) is 0 Å². The van der Waals surface area contributed by atoms with Crippen LogP contribution in [0.15, 0.2) is 18.3 Å². The van der Waals surface area contributed by atoms with Gasteiger partial charge in [-0.3, -0.25) is 4.90 Å². The van der Waals surface area contributed by atoms with Crippen LogP contribution in [0.4, 0.5) is 10.6 Å². The minimum Gasteiger partial charge on any atom is -0.443 e. The van der Waals surface area contributed by atoms with Gasteiger partial charge >= 0.3 is 6.09 Å². The Morgan fingerprint density at radius 3 is 2.20 bits per heavy atom. The molecule has 0 aliphatic carbocycles. The molecule has 1 aromatic rings. The van der Waals surface area contributed by atoms with Crippen LogP contribution in [0.1, 0.15) is 47.1 Å². The second-order valence-electron chi connectivity index (χ2n) is 6.72. The highest BCUT2D eigenvalue weighted by molar-refractivity contribution is 5.88. The van der Waals surface area contributed by atoms with Crippen molar-refractivity contribution >= 4 is 11.9 Å². The Morgan fingerprint density at radius 2 is 1.85 bits per heavy atom. The third kappa shape index (κ3) is 4.49. The molecule has 5 heteroatoms. The van der Waals surface area contributed by atoms with Gasteiger partial charge in [-0.1, -0.05) is 6.07 Å². The van der Waals surface area contributed by atoms with E-state index in [0.29, 0.717) is 12.4 Å². The number of aromatic nitrogens is 1. The van der Waals surface area contributed by atoms with E-state index in [2.05, 4.69) is 4.98 Å². The first-order valence-electron chi connectivity index (χ1n) is 6.73. The lowest BCUT2D eigenvalue weighted by molar-refractivity contribution is 0.0549. The van der Waals surface area contributed by atoms with E-state index in [1.165, 1.54) is 0 Å². The fraction of sp³-hybridized carbons (Fsp3) is 0.600.